The van der Waals surface area contributed by atoms with E-state index in [2.05, 4.69) is 4.98 Å². The number of hydrogen-bond acceptors (Lipinski definition) is 4. The van der Waals surface area contributed by atoms with Crippen LogP contribution < -0.4 is 0 Å². The summed E-state index contributed by atoms with van der Waals surface area (Å²) < 4.78 is 0. The lowest BCUT2D eigenvalue weighted by atomic mass is 9.73. The Hall–Kier alpha value is -2.21. The maximum atomic E-state index is 12.8. The van der Waals surface area contributed by atoms with Crippen molar-refractivity contribution >= 4 is 23.2 Å². The van der Waals surface area contributed by atoms with Crippen LogP contribution in [0.15, 0.2) is 41.4 Å². The van der Waals surface area contributed by atoms with E-state index < -0.39 is 0 Å². The third-order valence-electron chi connectivity index (χ3n) is 5.82. The number of nitrogens with zero attached hydrogens (tertiary/aromatic N) is 3. The van der Waals surface area contributed by atoms with Gasteiger partial charge in [-0.15, -0.1) is 0 Å². The van der Waals surface area contributed by atoms with Gasteiger partial charge in [0, 0.05) is 50.4 Å². The molecule has 1 atom stereocenters. The molecule has 2 fully saturated rings. The molecule has 0 aromatic carbocycles. The van der Waals surface area contributed by atoms with Gasteiger partial charge in [0.1, 0.15) is 0 Å². The van der Waals surface area contributed by atoms with E-state index in [-0.39, 0.29) is 17.2 Å². The van der Waals surface area contributed by atoms with Crippen LogP contribution in [0.5, 0.6) is 0 Å². The third kappa shape index (κ3) is 4.21. The van der Waals surface area contributed by atoms with Crippen molar-refractivity contribution in [3.05, 3.63) is 52.5 Å². The molecule has 1 unspecified atom stereocenters. The SMILES string of the molecule is O=C(Cc1ccsc1)N1CCCC2(CCC(=O)N(Cc3ccncc3)C2)C1. The van der Waals surface area contributed by atoms with Crippen LogP contribution in [0.4, 0.5) is 0 Å². The fraction of sp³-hybridized carbons (Fsp3) is 0.476. The number of carbonyl (C=O) groups is 2. The van der Waals surface area contributed by atoms with Crippen LogP contribution in [-0.4, -0.2) is 46.2 Å². The number of aromatic nitrogens is 1. The number of amides is 2. The van der Waals surface area contributed by atoms with Crippen LogP contribution >= 0.6 is 11.3 Å². The van der Waals surface area contributed by atoms with Crippen molar-refractivity contribution in [2.75, 3.05) is 19.6 Å². The predicted octanol–water partition coefficient (Wildman–Crippen LogP) is 3.12. The van der Waals surface area contributed by atoms with Gasteiger partial charge in [-0.05, 0) is 59.3 Å². The lowest BCUT2D eigenvalue weighted by Gasteiger charge is -2.48. The number of likely N-dealkylation sites (tertiary alicyclic amines) is 2. The van der Waals surface area contributed by atoms with Gasteiger partial charge in [-0.1, -0.05) is 0 Å². The zero-order valence-corrected chi connectivity index (χ0v) is 16.3. The highest BCUT2D eigenvalue weighted by Crippen LogP contribution is 2.39. The van der Waals surface area contributed by atoms with E-state index in [4.69, 9.17) is 0 Å². The van der Waals surface area contributed by atoms with Gasteiger partial charge in [-0.3, -0.25) is 14.6 Å². The smallest absolute Gasteiger partial charge is 0.227 e. The Kier molecular flexibility index (Phi) is 5.25. The van der Waals surface area contributed by atoms with Crippen molar-refractivity contribution in [3.63, 3.8) is 0 Å². The Labute approximate surface area is 164 Å². The van der Waals surface area contributed by atoms with Gasteiger partial charge in [-0.2, -0.15) is 11.3 Å². The summed E-state index contributed by atoms with van der Waals surface area (Å²) in [6, 6.07) is 5.95. The average Bonchev–Trinajstić information content (AvgIpc) is 3.19. The Morgan fingerprint density at radius 3 is 2.78 bits per heavy atom. The van der Waals surface area contributed by atoms with Crippen LogP contribution in [-0.2, 0) is 22.6 Å². The summed E-state index contributed by atoms with van der Waals surface area (Å²) >= 11 is 1.63. The summed E-state index contributed by atoms with van der Waals surface area (Å²) in [5.74, 6) is 0.434. The molecular formula is C21H25N3O2S. The van der Waals surface area contributed by atoms with E-state index in [1.54, 1.807) is 23.7 Å². The molecule has 27 heavy (non-hydrogen) atoms. The summed E-state index contributed by atoms with van der Waals surface area (Å²) in [6.45, 7) is 2.99. The lowest BCUT2D eigenvalue weighted by molar-refractivity contribution is -0.143. The van der Waals surface area contributed by atoms with E-state index in [1.165, 1.54) is 0 Å². The van der Waals surface area contributed by atoms with Crippen LogP contribution in [0, 0.1) is 5.41 Å². The first kappa shape index (κ1) is 18.2. The molecule has 0 saturated carbocycles. The standard InChI is InChI=1S/C21H25N3O2S/c25-19-2-7-21(16-24(19)13-17-3-8-22-9-4-17)6-1-10-23(15-21)20(26)12-18-5-11-27-14-18/h3-5,8-9,11,14H,1-2,6-7,10,12-13,15-16H2. The Morgan fingerprint density at radius 1 is 1.15 bits per heavy atom. The highest BCUT2D eigenvalue weighted by molar-refractivity contribution is 7.08. The van der Waals surface area contributed by atoms with Crippen LogP contribution in [0.25, 0.3) is 0 Å². The van der Waals surface area contributed by atoms with E-state index in [0.717, 1.165) is 50.0 Å². The molecule has 0 radical (unpaired) electrons. The summed E-state index contributed by atoms with van der Waals surface area (Å²) in [7, 11) is 0. The minimum Gasteiger partial charge on any atom is -0.342 e. The number of hydrogen-bond donors (Lipinski definition) is 0. The highest BCUT2D eigenvalue weighted by Gasteiger charge is 2.42. The van der Waals surface area contributed by atoms with Gasteiger partial charge in [0.25, 0.3) is 0 Å². The van der Waals surface area contributed by atoms with Crippen molar-refractivity contribution in [2.45, 2.75) is 38.6 Å². The molecule has 2 aliphatic rings. The van der Waals surface area contributed by atoms with E-state index in [9.17, 15) is 9.59 Å². The molecule has 0 N–H and O–H groups in total. The van der Waals surface area contributed by atoms with Gasteiger partial charge < -0.3 is 9.80 Å². The molecule has 6 heteroatoms. The fourth-order valence-electron chi connectivity index (χ4n) is 4.39. The second-order valence-corrected chi connectivity index (χ2v) is 8.61. The summed E-state index contributed by atoms with van der Waals surface area (Å²) in [6.07, 6.45) is 7.61. The van der Waals surface area contributed by atoms with E-state index >= 15 is 0 Å². The minimum absolute atomic E-state index is 0.0451. The second kappa shape index (κ2) is 7.80. The second-order valence-electron chi connectivity index (χ2n) is 7.83. The summed E-state index contributed by atoms with van der Waals surface area (Å²) in [5.41, 5.74) is 2.25. The zero-order valence-electron chi connectivity index (χ0n) is 15.5. The van der Waals surface area contributed by atoms with Crippen molar-refractivity contribution in [2.24, 2.45) is 5.41 Å². The third-order valence-corrected chi connectivity index (χ3v) is 6.55. The van der Waals surface area contributed by atoms with Gasteiger partial charge in [-0.25, -0.2) is 0 Å². The largest absolute Gasteiger partial charge is 0.342 e. The average molecular weight is 384 g/mol. The predicted molar refractivity (Wildman–Crippen MR) is 105 cm³/mol. The molecule has 4 rings (SSSR count). The number of thiophene rings is 1. The van der Waals surface area contributed by atoms with Crippen molar-refractivity contribution in [1.29, 1.82) is 0 Å². The van der Waals surface area contributed by atoms with E-state index in [0.29, 0.717) is 19.4 Å². The molecule has 2 aliphatic heterocycles. The molecule has 2 aromatic heterocycles. The molecule has 0 bridgehead atoms. The number of pyridine rings is 1. The van der Waals surface area contributed by atoms with Crippen LogP contribution in [0.1, 0.15) is 36.8 Å². The van der Waals surface area contributed by atoms with Gasteiger partial charge >= 0.3 is 0 Å². The molecule has 0 aliphatic carbocycles. The van der Waals surface area contributed by atoms with Crippen molar-refractivity contribution < 1.29 is 9.59 Å². The normalized spacial score (nSPS) is 23.0. The summed E-state index contributed by atoms with van der Waals surface area (Å²) in [5, 5.41) is 4.07. The first-order valence-electron chi connectivity index (χ1n) is 9.59. The minimum atomic E-state index is 0.0451. The molecule has 142 valence electrons. The van der Waals surface area contributed by atoms with Crippen molar-refractivity contribution in [3.8, 4) is 0 Å². The maximum absolute atomic E-state index is 12.8. The Balaban J connectivity index is 1.43. The summed E-state index contributed by atoms with van der Waals surface area (Å²) in [4.78, 5) is 33.3. The van der Waals surface area contributed by atoms with Crippen LogP contribution in [0.2, 0.25) is 0 Å². The monoisotopic (exact) mass is 383 g/mol. The zero-order chi connectivity index (χ0) is 18.7. The van der Waals surface area contributed by atoms with Gasteiger partial charge in [0.15, 0.2) is 0 Å². The molecule has 4 heterocycles. The topological polar surface area (TPSA) is 53.5 Å². The Morgan fingerprint density at radius 2 is 2.00 bits per heavy atom. The molecule has 5 nitrogen and oxygen atoms in total. The first-order valence-corrected chi connectivity index (χ1v) is 10.5. The fourth-order valence-corrected chi connectivity index (χ4v) is 5.06. The molecule has 2 amide bonds. The van der Waals surface area contributed by atoms with Crippen LogP contribution in [0.3, 0.4) is 0 Å². The quantitative estimate of drug-likeness (QED) is 0.815. The Bertz CT molecular complexity index is 793. The van der Waals surface area contributed by atoms with Gasteiger partial charge in [0.2, 0.25) is 11.8 Å². The lowest BCUT2D eigenvalue weighted by Crippen LogP contribution is -2.55. The molecule has 1 spiro atoms. The molecule has 2 saturated heterocycles. The van der Waals surface area contributed by atoms with Crippen molar-refractivity contribution in [1.82, 2.24) is 14.8 Å². The molecule has 2 aromatic rings. The number of rotatable bonds is 4. The van der Waals surface area contributed by atoms with Gasteiger partial charge in [0.05, 0.1) is 6.42 Å². The number of carbonyl (C=O) groups excluding carboxylic acids is 2. The van der Waals surface area contributed by atoms with E-state index in [1.807, 2.05) is 38.8 Å². The first-order chi connectivity index (χ1) is 13.1. The highest BCUT2D eigenvalue weighted by atomic mass is 32.1. The molecular weight excluding hydrogens is 358 g/mol. The maximum Gasteiger partial charge on any atom is 0.227 e. The number of piperidine rings is 2.